The zero-order valence-electron chi connectivity index (χ0n) is 24.1. The molecule has 12 heteroatoms. The zero-order chi connectivity index (χ0) is 32.6. The van der Waals surface area contributed by atoms with Crippen molar-refractivity contribution in [3.05, 3.63) is 134 Å². The normalized spacial score (nSPS) is 11.9. The molecule has 0 aliphatic carbocycles. The van der Waals surface area contributed by atoms with Gasteiger partial charge in [0.15, 0.2) is 5.13 Å². The first-order valence-corrected chi connectivity index (χ1v) is 16.7. The van der Waals surface area contributed by atoms with Gasteiger partial charge in [-0.25, -0.2) is 4.98 Å². The molecule has 232 valence electrons. The van der Waals surface area contributed by atoms with Crippen molar-refractivity contribution >= 4 is 92.5 Å². The first-order valence-electron chi connectivity index (χ1n) is 13.8. The predicted octanol–water partition coefficient (Wildman–Crippen LogP) is 9.30. The number of rotatable bonds is 10. The van der Waals surface area contributed by atoms with Crippen LogP contribution >= 0.6 is 57.9 Å². The number of nitrogens with one attached hydrogen (secondary N) is 3. The third kappa shape index (κ3) is 8.78. The van der Waals surface area contributed by atoms with E-state index < -0.39 is 17.1 Å². The molecule has 46 heavy (non-hydrogen) atoms. The van der Waals surface area contributed by atoms with E-state index in [2.05, 4.69) is 20.9 Å². The summed E-state index contributed by atoms with van der Waals surface area (Å²) in [7, 11) is 0. The maximum atomic E-state index is 13.5. The first-order chi connectivity index (χ1) is 22.2. The van der Waals surface area contributed by atoms with Crippen LogP contribution in [0.25, 0.3) is 17.3 Å². The number of nitrogens with zero attached hydrogens (tertiary/aromatic N) is 1. The Hall–Kier alpha value is -4.12. The molecule has 0 aliphatic heterocycles. The van der Waals surface area contributed by atoms with Gasteiger partial charge in [-0.1, -0.05) is 83.3 Å². The molecule has 0 radical (unpaired) electrons. The van der Waals surface area contributed by atoms with Gasteiger partial charge in [-0.15, -0.1) is 23.1 Å². The van der Waals surface area contributed by atoms with E-state index in [0.29, 0.717) is 42.7 Å². The molecular formula is C34H25Cl3N4O3S2. The SMILES string of the molecule is CC(Sc1cccc(NC(=O)/C(=C\c2ccc(Cl)cc2Cl)NC(=O)c2ccccc2)c1)C(=O)Nc1nc(-c2ccccc2Cl)cs1. The molecule has 1 heterocycles. The lowest BCUT2D eigenvalue weighted by Crippen LogP contribution is -2.30. The summed E-state index contributed by atoms with van der Waals surface area (Å²) in [5, 5.41) is 11.5. The van der Waals surface area contributed by atoms with Crippen molar-refractivity contribution in [3.63, 3.8) is 0 Å². The number of thiazole rings is 1. The van der Waals surface area contributed by atoms with Crippen LogP contribution in [0, 0.1) is 0 Å². The fraction of sp³-hybridized carbons (Fsp3) is 0.0588. The van der Waals surface area contributed by atoms with Gasteiger partial charge in [0.2, 0.25) is 5.91 Å². The van der Waals surface area contributed by atoms with Crippen LogP contribution in [0.3, 0.4) is 0 Å². The van der Waals surface area contributed by atoms with E-state index in [1.54, 1.807) is 79.7 Å². The molecule has 3 N–H and O–H groups in total. The number of hydrogen-bond acceptors (Lipinski definition) is 6. The molecule has 1 unspecified atom stereocenters. The number of carbonyl (C=O) groups excluding carboxylic acids is 3. The average Bonchev–Trinajstić information content (AvgIpc) is 3.50. The standard InChI is InChI=1S/C34H25Cl3N4O3S2/c1-20(31(42)41-34-40-30(19-45-34)26-12-5-6-13-27(26)36)46-25-11-7-10-24(18-25)38-33(44)29(16-22-14-15-23(35)17-28(22)37)39-32(43)21-8-3-2-4-9-21/h2-20H,1H3,(H,38,44)(H,39,43)(H,40,41,42)/b29-16+. The molecule has 1 aromatic heterocycles. The van der Waals surface area contributed by atoms with Crippen molar-refractivity contribution in [2.24, 2.45) is 0 Å². The topological polar surface area (TPSA) is 100 Å². The predicted molar refractivity (Wildman–Crippen MR) is 190 cm³/mol. The van der Waals surface area contributed by atoms with Crippen LogP contribution in [0.2, 0.25) is 15.1 Å². The Labute approximate surface area is 289 Å². The minimum Gasteiger partial charge on any atom is -0.321 e. The molecule has 0 bridgehead atoms. The Morgan fingerprint density at radius 1 is 0.848 bits per heavy atom. The number of hydrogen-bond donors (Lipinski definition) is 3. The molecule has 0 saturated heterocycles. The van der Waals surface area contributed by atoms with Gasteiger partial charge in [-0.05, 0) is 67.1 Å². The third-order valence-electron chi connectivity index (χ3n) is 6.45. The molecule has 5 aromatic rings. The maximum absolute atomic E-state index is 13.5. The van der Waals surface area contributed by atoms with Gasteiger partial charge in [-0.3, -0.25) is 14.4 Å². The Morgan fingerprint density at radius 2 is 1.61 bits per heavy atom. The molecule has 1 atom stereocenters. The minimum atomic E-state index is -0.568. The summed E-state index contributed by atoms with van der Waals surface area (Å²) in [4.78, 5) is 44.7. The van der Waals surface area contributed by atoms with E-state index in [-0.39, 0.29) is 11.6 Å². The van der Waals surface area contributed by atoms with Crippen LogP contribution in [-0.4, -0.2) is 28.0 Å². The van der Waals surface area contributed by atoms with E-state index in [4.69, 9.17) is 34.8 Å². The quantitative estimate of drug-likeness (QED) is 0.0993. The number of aromatic nitrogens is 1. The Balaban J connectivity index is 1.27. The van der Waals surface area contributed by atoms with Gasteiger partial charge in [0.25, 0.3) is 11.8 Å². The van der Waals surface area contributed by atoms with Gasteiger partial charge in [0.1, 0.15) is 5.70 Å². The van der Waals surface area contributed by atoms with Crippen LogP contribution in [-0.2, 0) is 9.59 Å². The Morgan fingerprint density at radius 3 is 2.37 bits per heavy atom. The molecule has 0 fully saturated rings. The van der Waals surface area contributed by atoms with Crippen LogP contribution in [0.5, 0.6) is 0 Å². The monoisotopic (exact) mass is 706 g/mol. The summed E-state index contributed by atoms with van der Waals surface area (Å²) in [6, 6.07) is 27.8. The van der Waals surface area contributed by atoms with Crippen LogP contribution in [0.1, 0.15) is 22.8 Å². The highest BCUT2D eigenvalue weighted by atomic mass is 35.5. The van der Waals surface area contributed by atoms with Crippen molar-refractivity contribution in [2.45, 2.75) is 17.1 Å². The average molecular weight is 708 g/mol. The molecule has 4 aromatic carbocycles. The highest BCUT2D eigenvalue weighted by Crippen LogP contribution is 2.32. The number of thioether (sulfide) groups is 1. The summed E-state index contributed by atoms with van der Waals surface area (Å²) in [6.45, 7) is 1.78. The molecule has 0 aliphatic rings. The smallest absolute Gasteiger partial charge is 0.272 e. The van der Waals surface area contributed by atoms with E-state index in [9.17, 15) is 14.4 Å². The summed E-state index contributed by atoms with van der Waals surface area (Å²) in [5.41, 5.74) is 2.79. The van der Waals surface area contributed by atoms with E-state index in [0.717, 1.165) is 10.5 Å². The lowest BCUT2D eigenvalue weighted by atomic mass is 10.1. The van der Waals surface area contributed by atoms with E-state index in [1.165, 1.54) is 29.2 Å². The Bertz CT molecular complexity index is 1930. The van der Waals surface area contributed by atoms with Gasteiger partial charge in [-0.2, -0.15) is 0 Å². The number of benzene rings is 4. The van der Waals surface area contributed by atoms with Gasteiger partial charge in [0, 0.05) is 42.2 Å². The van der Waals surface area contributed by atoms with Crippen LogP contribution < -0.4 is 16.0 Å². The summed E-state index contributed by atoms with van der Waals surface area (Å²) in [6.07, 6.45) is 1.48. The van der Waals surface area contributed by atoms with Gasteiger partial charge >= 0.3 is 0 Å². The fourth-order valence-corrected chi connectivity index (χ4v) is 6.49. The van der Waals surface area contributed by atoms with Crippen molar-refractivity contribution in [1.29, 1.82) is 0 Å². The summed E-state index contributed by atoms with van der Waals surface area (Å²) in [5.74, 6) is -1.26. The zero-order valence-corrected chi connectivity index (χ0v) is 28.0. The van der Waals surface area contributed by atoms with Crippen molar-refractivity contribution in [3.8, 4) is 11.3 Å². The van der Waals surface area contributed by atoms with E-state index in [1.807, 2.05) is 29.6 Å². The first kappa shape index (κ1) is 33.2. The summed E-state index contributed by atoms with van der Waals surface area (Å²) < 4.78 is 0. The maximum Gasteiger partial charge on any atom is 0.272 e. The summed E-state index contributed by atoms with van der Waals surface area (Å²) >= 11 is 21.3. The molecular weight excluding hydrogens is 683 g/mol. The molecule has 7 nitrogen and oxygen atoms in total. The molecule has 5 rings (SSSR count). The lowest BCUT2D eigenvalue weighted by molar-refractivity contribution is -0.115. The molecule has 3 amide bonds. The van der Waals surface area contributed by atoms with Crippen molar-refractivity contribution in [2.75, 3.05) is 10.6 Å². The third-order valence-corrected chi connectivity index (χ3v) is 9.19. The number of halogens is 3. The fourth-order valence-electron chi connectivity index (χ4n) is 4.15. The largest absolute Gasteiger partial charge is 0.321 e. The highest BCUT2D eigenvalue weighted by Gasteiger charge is 2.19. The molecule has 0 saturated carbocycles. The lowest BCUT2D eigenvalue weighted by Gasteiger charge is -2.14. The van der Waals surface area contributed by atoms with E-state index >= 15 is 0 Å². The molecule has 0 spiro atoms. The number of anilines is 2. The second-order valence-electron chi connectivity index (χ2n) is 9.79. The second kappa shape index (κ2) is 15.4. The van der Waals surface area contributed by atoms with Crippen molar-refractivity contribution < 1.29 is 14.4 Å². The Kier molecular flexibility index (Phi) is 11.2. The number of carbonyl (C=O) groups is 3. The second-order valence-corrected chi connectivity index (χ2v) is 13.3. The van der Waals surface area contributed by atoms with Crippen LogP contribution in [0.15, 0.2) is 113 Å². The minimum absolute atomic E-state index is 0.0246. The van der Waals surface area contributed by atoms with Gasteiger partial charge in [0.05, 0.1) is 10.9 Å². The van der Waals surface area contributed by atoms with Crippen LogP contribution in [0.4, 0.5) is 10.8 Å². The number of amides is 3. The van der Waals surface area contributed by atoms with Crippen molar-refractivity contribution in [1.82, 2.24) is 10.3 Å². The highest BCUT2D eigenvalue weighted by molar-refractivity contribution is 8.00. The van der Waals surface area contributed by atoms with Gasteiger partial charge < -0.3 is 16.0 Å².